The number of aromatic nitrogens is 1. The first-order valence-corrected chi connectivity index (χ1v) is 12.0. The zero-order valence-corrected chi connectivity index (χ0v) is 20.0. The maximum Gasteiger partial charge on any atom is 0.257 e. The number of carbonyl (C=O) groups is 1. The molecule has 176 valence electrons. The van der Waals surface area contributed by atoms with Crippen molar-refractivity contribution in [2.75, 3.05) is 11.9 Å². The molecule has 1 aromatic heterocycles. The fourth-order valence-corrected chi connectivity index (χ4v) is 3.74. The maximum absolute atomic E-state index is 13.9. The minimum Gasteiger partial charge on any atom is -0.491 e. The maximum atomic E-state index is 13.9. The van der Waals surface area contributed by atoms with E-state index in [4.69, 9.17) is 9.47 Å². The number of rotatable bonds is 12. The summed E-state index contributed by atoms with van der Waals surface area (Å²) in [5.41, 5.74) is 1.69. The number of nitrogens with zero attached hydrogens (tertiary/aromatic N) is 1. The number of hydrogen-bond donors (Lipinski definition) is 2. The highest BCUT2D eigenvalue weighted by Gasteiger charge is 2.14. The second-order valence-electron chi connectivity index (χ2n) is 7.87. The minimum absolute atomic E-state index is 0.0414. The molecule has 0 bridgehead atoms. The summed E-state index contributed by atoms with van der Waals surface area (Å²) in [6.45, 7) is 7.60. The molecule has 0 saturated carbocycles. The number of amides is 1. The fraction of sp³-hybridized carbons (Fsp3) is 0.360. The van der Waals surface area contributed by atoms with E-state index in [1.165, 1.54) is 17.4 Å². The molecule has 0 saturated heterocycles. The Morgan fingerprint density at radius 2 is 1.97 bits per heavy atom. The molecule has 0 fully saturated rings. The lowest BCUT2D eigenvalue weighted by molar-refractivity contribution is 0.102. The molecule has 2 aromatic carbocycles. The lowest BCUT2D eigenvalue weighted by Crippen LogP contribution is -2.15. The van der Waals surface area contributed by atoms with Gasteiger partial charge in [0.25, 0.3) is 5.91 Å². The number of nitrogens with one attached hydrogen (secondary N) is 2. The summed E-state index contributed by atoms with van der Waals surface area (Å²) in [6, 6.07) is 11.4. The molecule has 0 spiro atoms. The van der Waals surface area contributed by atoms with Crippen LogP contribution >= 0.6 is 11.3 Å². The molecular formula is C25H30FN3O3S. The number of ether oxygens (including phenoxy) is 2. The van der Waals surface area contributed by atoms with Crippen LogP contribution in [0.1, 0.15) is 55.2 Å². The number of hydrogen-bond acceptors (Lipinski definition) is 6. The van der Waals surface area contributed by atoms with Gasteiger partial charge in [0, 0.05) is 29.1 Å². The van der Waals surface area contributed by atoms with E-state index < -0.39 is 0 Å². The summed E-state index contributed by atoms with van der Waals surface area (Å²) in [7, 11) is 0. The average Bonchev–Trinajstić information content (AvgIpc) is 3.22. The van der Waals surface area contributed by atoms with Crippen molar-refractivity contribution >= 4 is 22.4 Å². The first-order valence-electron chi connectivity index (χ1n) is 11.1. The second-order valence-corrected chi connectivity index (χ2v) is 8.73. The van der Waals surface area contributed by atoms with Gasteiger partial charge in [-0.05, 0) is 45.0 Å². The summed E-state index contributed by atoms with van der Waals surface area (Å²) < 4.78 is 25.5. The SMILES string of the molecule is CCCCNCc1csc(NC(=O)c2cc(OCc3ccccc3F)cc(OC(C)C)c2)n1. The molecule has 0 aliphatic heterocycles. The van der Waals surface area contributed by atoms with Gasteiger partial charge in [0.05, 0.1) is 11.8 Å². The highest BCUT2D eigenvalue weighted by Crippen LogP contribution is 2.26. The summed E-state index contributed by atoms with van der Waals surface area (Å²) in [6.07, 6.45) is 2.17. The van der Waals surface area contributed by atoms with E-state index in [0.717, 1.165) is 25.1 Å². The van der Waals surface area contributed by atoms with Crippen molar-refractivity contribution < 1.29 is 18.7 Å². The Morgan fingerprint density at radius 3 is 2.73 bits per heavy atom. The van der Waals surface area contributed by atoms with Crippen molar-refractivity contribution in [2.24, 2.45) is 0 Å². The third kappa shape index (κ3) is 7.83. The van der Waals surface area contributed by atoms with Gasteiger partial charge in [-0.25, -0.2) is 9.37 Å². The standard InChI is InChI=1S/C25H30FN3O3S/c1-4-5-10-27-14-20-16-33-25(28-20)29-24(30)19-11-21(13-22(12-19)32-17(2)3)31-15-18-8-6-7-9-23(18)26/h6-9,11-13,16-17,27H,4-5,10,14-15H2,1-3H3,(H,28,29,30). The van der Waals surface area contributed by atoms with Crippen molar-refractivity contribution in [3.05, 3.63) is 70.5 Å². The van der Waals surface area contributed by atoms with Crippen LogP contribution in [0.5, 0.6) is 11.5 Å². The normalized spacial score (nSPS) is 10.9. The van der Waals surface area contributed by atoms with Crippen LogP contribution in [0.25, 0.3) is 0 Å². The Kier molecular flexibility index (Phi) is 9.21. The van der Waals surface area contributed by atoms with Gasteiger partial charge >= 0.3 is 0 Å². The Labute approximate surface area is 198 Å². The second kappa shape index (κ2) is 12.3. The monoisotopic (exact) mass is 471 g/mol. The van der Waals surface area contributed by atoms with Crippen molar-refractivity contribution in [1.29, 1.82) is 0 Å². The van der Waals surface area contributed by atoms with Crippen LogP contribution in [-0.2, 0) is 13.2 Å². The molecule has 6 nitrogen and oxygen atoms in total. The molecule has 33 heavy (non-hydrogen) atoms. The topological polar surface area (TPSA) is 72.5 Å². The largest absolute Gasteiger partial charge is 0.491 e. The number of anilines is 1. The molecule has 1 heterocycles. The van der Waals surface area contributed by atoms with Gasteiger partial charge < -0.3 is 14.8 Å². The molecular weight excluding hydrogens is 441 g/mol. The Bertz CT molecular complexity index is 1050. The van der Waals surface area contributed by atoms with Crippen LogP contribution in [0.15, 0.2) is 47.8 Å². The lowest BCUT2D eigenvalue weighted by atomic mass is 10.2. The van der Waals surface area contributed by atoms with Gasteiger partial charge in [0.15, 0.2) is 5.13 Å². The minimum atomic E-state index is -0.339. The van der Waals surface area contributed by atoms with Crippen LogP contribution in [0.4, 0.5) is 9.52 Å². The molecule has 3 aromatic rings. The number of benzene rings is 2. The van der Waals surface area contributed by atoms with E-state index in [-0.39, 0.29) is 24.4 Å². The molecule has 0 atom stereocenters. The number of unbranched alkanes of at least 4 members (excludes halogenated alkanes) is 1. The zero-order valence-electron chi connectivity index (χ0n) is 19.2. The van der Waals surface area contributed by atoms with Gasteiger partial charge in [-0.3, -0.25) is 10.1 Å². The van der Waals surface area contributed by atoms with Crippen molar-refractivity contribution in [2.45, 2.75) is 52.9 Å². The van der Waals surface area contributed by atoms with Gasteiger partial charge in [-0.15, -0.1) is 11.3 Å². The van der Waals surface area contributed by atoms with Gasteiger partial charge in [-0.2, -0.15) is 0 Å². The van der Waals surface area contributed by atoms with Gasteiger partial charge in [0.2, 0.25) is 0 Å². The molecule has 0 aliphatic rings. The van der Waals surface area contributed by atoms with Crippen LogP contribution in [0.3, 0.4) is 0 Å². The van der Waals surface area contributed by atoms with Crippen molar-refractivity contribution in [3.8, 4) is 11.5 Å². The van der Waals surface area contributed by atoms with E-state index in [2.05, 4.69) is 22.5 Å². The van der Waals surface area contributed by atoms with E-state index in [9.17, 15) is 9.18 Å². The number of thiazole rings is 1. The smallest absolute Gasteiger partial charge is 0.257 e. The third-order valence-electron chi connectivity index (χ3n) is 4.65. The molecule has 0 aliphatic carbocycles. The van der Waals surface area contributed by atoms with Crippen LogP contribution in [0.2, 0.25) is 0 Å². The third-order valence-corrected chi connectivity index (χ3v) is 5.46. The number of halogens is 1. The Morgan fingerprint density at radius 1 is 1.18 bits per heavy atom. The van der Waals surface area contributed by atoms with Crippen LogP contribution < -0.4 is 20.1 Å². The van der Waals surface area contributed by atoms with Crippen LogP contribution in [-0.4, -0.2) is 23.5 Å². The first kappa shape index (κ1) is 24.7. The summed E-state index contributed by atoms with van der Waals surface area (Å²) in [5, 5.41) is 8.63. The highest BCUT2D eigenvalue weighted by atomic mass is 32.1. The number of carbonyl (C=O) groups excluding carboxylic acids is 1. The van der Waals surface area contributed by atoms with E-state index in [1.54, 1.807) is 36.4 Å². The Hall–Kier alpha value is -2.97. The highest BCUT2D eigenvalue weighted by molar-refractivity contribution is 7.14. The quantitative estimate of drug-likeness (QED) is 0.327. The zero-order chi connectivity index (χ0) is 23.6. The molecule has 1 amide bonds. The molecule has 0 radical (unpaired) electrons. The summed E-state index contributed by atoms with van der Waals surface area (Å²) >= 11 is 1.38. The molecule has 3 rings (SSSR count). The predicted octanol–water partition coefficient (Wildman–Crippen LogP) is 5.79. The lowest BCUT2D eigenvalue weighted by Gasteiger charge is -2.14. The van der Waals surface area contributed by atoms with Gasteiger partial charge in [0.1, 0.15) is 23.9 Å². The van der Waals surface area contributed by atoms with E-state index in [1.807, 2.05) is 19.2 Å². The summed E-state index contributed by atoms with van der Waals surface area (Å²) in [4.78, 5) is 17.4. The molecule has 2 N–H and O–H groups in total. The van der Waals surface area contributed by atoms with E-state index >= 15 is 0 Å². The van der Waals surface area contributed by atoms with Gasteiger partial charge in [-0.1, -0.05) is 31.5 Å². The molecule has 8 heteroatoms. The fourth-order valence-electron chi connectivity index (χ4n) is 3.04. The predicted molar refractivity (Wildman–Crippen MR) is 130 cm³/mol. The van der Waals surface area contributed by atoms with Crippen molar-refractivity contribution in [3.63, 3.8) is 0 Å². The first-order chi connectivity index (χ1) is 15.9. The van der Waals surface area contributed by atoms with Crippen molar-refractivity contribution in [1.82, 2.24) is 10.3 Å². The molecule has 0 unspecified atom stereocenters. The Balaban J connectivity index is 1.70. The average molecular weight is 472 g/mol. The summed E-state index contributed by atoms with van der Waals surface area (Å²) in [5.74, 6) is 0.260. The van der Waals surface area contributed by atoms with Crippen LogP contribution in [0, 0.1) is 5.82 Å². The van der Waals surface area contributed by atoms with E-state index in [0.29, 0.717) is 34.3 Å².